The molecule has 3 rings (SSSR count). The molecule has 0 saturated carbocycles. The van der Waals surface area contributed by atoms with E-state index in [0.717, 1.165) is 4.85 Å². The molecule has 2 bridgehead atoms. The fourth-order valence-corrected chi connectivity index (χ4v) is 0.492. The van der Waals surface area contributed by atoms with E-state index in [1.807, 2.05) is 0 Å². The molecule has 0 atom stereocenters. The lowest BCUT2D eigenvalue weighted by Crippen LogP contribution is -2.39. The molecule has 0 spiro atoms. The van der Waals surface area contributed by atoms with E-state index in [2.05, 4.69) is 15.1 Å². The topological polar surface area (TPSA) is 57.0 Å². The zero-order chi connectivity index (χ0) is 5.56. The van der Waals surface area contributed by atoms with Crippen LogP contribution in [0.3, 0.4) is 0 Å². The lowest BCUT2D eigenvalue weighted by Gasteiger charge is -2.10. The summed E-state index contributed by atoms with van der Waals surface area (Å²) in [4.78, 5) is 15.8. The normalized spacial score (nSPS) is 12.0. The molecule has 8 heavy (non-hydrogen) atoms. The fraction of sp³-hybridized carbons (Fsp3) is 0. The van der Waals surface area contributed by atoms with E-state index < -0.39 is 0 Å². The Kier molecular flexibility index (Phi) is 0.397. The van der Waals surface area contributed by atoms with Crippen molar-refractivity contribution in [2.45, 2.75) is 0 Å². The van der Waals surface area contributed by atoms with Gasteiger partial charge in [-0.3, -0.25) is 4.79 Å². The van der Waals surface area contributed by atoms with Gasteiger partial charge in [0.2, 0.25) is 5.75 Å². The summed E-state index contributed by atoms with van der Waals surface area (Å²) in [5, 5.41) is 6.69. The largest absolute Gasteiger partial charge is 0.352 e. The number of aromatic nitrogens is 3. The minimum atomic E-state index is -0.222. The smallest absolute Gasteiger partial charge is 0.345 e. The molecular weight excluding hydrogens is 110 g/mol. The molecular formula is C3HN3O2. The minimum Gasteiger partial charge on any atom is -0.345 e. The SMILES string of the molecule is O=c1c2cnnn1O2. The molecule has 0 fully saturated rings. The molecule has 0 saturated heterocycles. The molecule has 40 valence electrons. The molecule has 3 heterocycles. The first-order valence-electron chi connectivity index (χ1n) is 2.01. The Bertz CT molecular complexity index is 255. The molecule has 2 aliphatic heterocycles. The quantitative estimate of drug-likeness (QED) is 0.428. The van der Waals surface area contributed by atoms with Crippen LogP contribution in [0.1, 0.15) is 0 Å². The highest BCUT2D eigenvalue weighted by Crippen LogP contribution is 2.03. The van der Waals surface area contributed by atoms with Crippen LogP contribution < -0.4 is 10.4 Å². The first-order chi connectivity index (χ1) is 3.88. The predicted octanol–water partition coefficient (Wildman–Crippen LogP) is -1.21. The zero-order valence-corrected chi connectivity index (χ0v) is 3.74. The third kappa shape index (κ3) is 0.218. The number of nitrogens with zero attached hydrogens (tertiary/aromatic N) is 3. The summed E-state index contributed by atoms with van der Waals surface area (Å²) >= 11 is 0. The van der Waals surface area contributed by atoms with Crippen LogP contribution in [-0.4, -0.2) is 15.2 Å². The van der Waals surface area contributed by atoms with E-state index in [9.17, 15) is 4.79 Å². The molecule has 0 aromatic carbocycles. The second-order valence-corrected chi connectivity index (χ2v) is 1.37. The van der Waals surface area contributed by atoms with Gasteiger partial charge in [-0.25, -0.2) is 0 Å². The molecule has 1 aromatic rings. The Morgan fingerprint density at radius 1 is 1.75 bits per heavy atom. The summed E-state index contributed by atoms with van der Waals surface area (Å²) in [5.74, 6) is 0.264. The second kappa shape index (κ2) is 0.885. The first-order valence-corrected chi connectivity index (χ1v) is 2.01. The number of hydrogen-bond acceptors (Lipinski definition) is 4. The molecule has 5 nitrogen and oxygen atoms in total. The van der Waals surface area contributed by atoms with E-state index in [4.69, 9.17) is 0 Å². The van der Waals surface area contributed by atoms with Crippen LogP contribution in [-0.2, 0) is 0 Å². The minimum absolute atomic E-state index is 0.222. The zero-order valence-electron chi connectivity index (χ0n) is 3.74. The standard InChI is InChI=1S/C3HN3O2/c7-3-2-1-4-5-6(3)8-2/h1H. The Balaban J connectivity index is 2.94. The van der Waals surface area contributed by atoms with Gasteiger partial charge in [0, 0.05) is 0 Å². The van der Waals surface area contributed by atoms with Crippen LogP contribution in [0.4, 0.5) is 0 Å². The van der Waals surface area contributed by atoms with Crippen molar-refractivity contribution < 1.29 is 4.84 Å². The van der Waals surface area contributed by atoms with Crippen molar-refractivity contribution in [1.29, 1.82) is 0 Å². The van der Waals surface area contributed by atoms with E-state index in [1.54, 1.807) is 0 Å². The van der Waals surface area contributed by atoms with Crippen LogP contribution in [0.5, 0.6) is 5.75 Å². The van der Waals surface area contributed by atoms with E-state index in [1.165, 1.54) is 6.20 Å². The van der Waals surface area contributed by atoms with Crippen molar-refractivity contribution in [3.8, 4) is 5.75 Å². The molecule has 1 aromatic heterocycles. The van der Waals surface area contributed by atoms with Gasteiger partial charge in [-0.05, 0) is 10.1 Å². The first kappa shape index (κ1) is 3.59. The van der Waals surface area contributed by atoms with Crippen LogP contribution >= 0.6 is 0 Å². The fourth-order valence-electron chi connectivity index (χ4n) is 0.492. The van der Waals surface area contributed by atoms with Gasteiger partial charge >= 0.3 is 5.56 Å². The number of rotatable bonds is 0. The predicted molar refractivity (Wildman–Crippen MR) is 22.3 cm³/mol. The number of fused-ring (bicyclic) bond motifs is 2. The summed E-state index contributed by atoms with van der Waals surface area (Å²) in [6.07, 6.45) is 1.28. The molecule has 0 unspecified atom stereocenters. The van der Waals surface area contributed by atoms with E-state index in [0.29, 0.717) is 0 Å². The van der Waals surface area contributed by atoms with Crippen molar-refractivity contribution in [1.82, 2.24) is 15.2 Å². The summed E-state index contributed by atoms with van der Waals surface area (Å²) in [7, 11) is 0. The highest BCUT2D eigenvalue weighted by Gasteiger charge is 2.18. The molecule has 0 amide bonds. The highest BCUT2D eigenvalue weighted by atomic mass is 16.7. The van der Waals surface area contributed by atoms with Gasteiger partial charge in [0.15, 0.2) is 0 Å². The molecule has 0 N–H and O–H groups in total. The van der Waals surface area contributed by atoms with Crippen LogP contribution in [0.2, 0.25) is 0 Å². The summed E-state index contributed by atoms with van der Waals surface area (Å²) < 4.78 is 0. The molecule has 5 heteroatoms. The lowest BCUT2D eigenvalue weighted by molar-refractivity contribution is 0.0897. The summed E-state index contributed by atoms with van der Waals surface area (Å²) in [6, 6.07) is 0. The van der Waals surface area contributed by atoms with Crippen LogP contribution in [0.25, 0.3) is 0 Å². The maximum Gasteiger partial charge on any atom is 0.352 e. The number of hydrogen-bond donors (Lipinski definition) is 0. The van der Waals surface area contributed by atoms with Crippen LogP contribution in [0.15, 0.2) is 11.0 Å². The van der Waals surface area contributed by atoms with E-state index >= 15 is 0 Å². The average molecular weight is 111 g/mol. The van der Waals surface area contributed by atoms with Crippen LogP contribution in [0, 0.1) is 0 Å². The van der Waals surface area contributed by atoms with Gasteiger partial charge in [-0.2, -0.15) is 0 Å². The van der Waals surface area contributed by atoms with Gasteiger partial charge in [-0.15, -0.1) is 5.10 Å². The third-order valence-corrected chi connectivity index (χ3v) is 0.877. The second-order valence-electron chi connectivity index (χ2n) is 1.37. The maximum atomic E-state index is 10.4. The van der Waals surface area contributed by atoms with Crippen molar-refractivity contribution in [2.24, 2.45) is 0 Å². The van der Waals surface area contributed by atoms with Crippen molar-refractivity contribution in [3.63, 3.8) is 0 Å². The van der Waals surface area contributed by atoms with E-state index in [-0.39, 0.29) is 11.3 Å². The third-order valence-electron chi connectivity index (χ3n) is 0.877. The van der Waals surface area contributed by atoms with Crippen molar-refractivity contribution in [2.75, 3.05) is 0 Å². The summed E-state index contributed by atoms with van der Waals surface area (Å²) in [6.45, 7) is 0. The molecule has 2 aliphatic rings. The van der Waals surface area contributed by atoms with Gasteiger partial charge in [0.1, 0.15) is 6.20 Å². The Morgan fingerprint density at radius 3 is 2.88 bits per heavy atom. The summed E-state index contributed by atoms with van der Waals surface area (Å²) in [5.41, 5.74) is -0.222. The Hall–Kier alpha value is -1.39. The van der Waals surface area contributed by atoms with Gasteiger partial charge in [0.25, 0.3) is 0 Å². The van der Waals surface area contributed by atoms with Gasteiger partial charge in [0.05, 0.1) is 0 Å². The highest BCUT2D eigenvalue weighted by molar-refractivity contribution is 5.14. The lowest BCUT2D eigenvalue weighted by atomic mass is 10.6. The molecule has 0 radical (unpaired) electrons. The monoisotopic (exact) mass is 111 g/mol. The van der Waals surface area contributed by atoms with Gasteiger partial charge < -0.3 is 4.84 Å². The van der Waals surface area contributed by atoms with Crippen molar-refractivity contribution >= 4 is 0 Å². The Morgan fingerprint density at radius 2 is 2.62 bits per heavy atom. The van der Waals surface area contributed by atoms with Gasteiger partial charge in [-0.1, -0.05) is 0 Å². The Labute approximate surface area is 43.5 Å². The average Bonchev–Trinajstić information content (AvgIpc) is 1.89. The van der Waals surface area contributed by atoms with Crippen molar-refractivity contribution in [3.05, 3.63) is 16.6 Å². The molecule has 0 aliphatic carbocycles. The maximum absolute atomic E-state index is 10.4.